The first-order valence-electron chi connectivity index (χ1n) is 9.73. The number of benzene rings is 1. The van der Waals surface area contributed by atoms with Gasteiger partial charge in [0.15, 0.2) is 0 Å². The number of aliphatic carboxylic acids is 1. The number of carboxylic acid groups (broad SMARTS) is 2. The van der Waals surface area contributed by atoms with E-state index >= 15 is 0 Å². The molecule has 0 saturated heterocycles. The van der Waals surface area contributed by atoms with Crippen molar-refractivity contribution in [3.05, 3.63) is 29.6 Å². The zero-order valence-corrected chi connectivity index (χ0v) is 15.4. The van der Waals surface area contributed by atoms with E-state index in [4.69, 9.17) is 5.11 Å². The first-order valence-corrected chi connectivity index (χ1v) is 9.73. The number of halogens is 1. The number of carbonyl (C=O) groups is 3. The highest BCUT2D eigenvalue weighted by molar-refractivity contribution is 5.90. The van der Waals surface area contributed by atoms with Crippen molar-refractivity contribution in [3.63, 3.8) is 0 Å². The molecule has 2 fully saturated rings. The number of nitrogens with zero attached hydrogens (tertiary/aromatic N) is 2. The molecule has 0 spiro atoms. The van der Waals surface area contributed by atoms with Crippen LogP contribution in [0, 0.1) is 11.7 Å². The molecule has 7 nitrogen and oxygen atoms in total. The van der Waals surface area contributed by atoms with E-state index in [1.807, 2.05) is 0 Å². The normalized spacial score (nSPS) is 25.8. The van der Waals surface area contributed by atoms with Gasteiger partial charge in [0.25, 0.3) is 0 Å². The molecule has 0 aromatic heterocycles. The lowest BCUT2D eigenvalue weighted by Gasteiger charge is -2.46. The van der Waals surface area contributed by atoms with Gasteiger partial charge in [0.2, 0.25) is 5.91 Å². The third-order valence-electron chi connectivity index (χ3n) is 6.12. The highest BCUT2D eigenvalue weighted by atomic mass is 19.1. The van der Waals surface area contributed by atoms with Gasteiger partial charge < -0.3 is 15.1 Å². The summed E-state index contributed by atoms with van der Waals surface area (Å²) in [5, 5.41) is 18.7. The van der Waals surface area contributed by atoms with Gasteiger partial charge in [-0.3, -0.25) is 14.5 Å². The molecule has 2 amide bonds. The molecule has 2 saturated carbocycles. The van der Waals surface area contributed by atoms with Gasteiger partial charge in [-0.2, -0.15) is 0 Å². The fourth-order valence-corrected chi connectivity index (χ4v) is 4.93. The Labute approximate surface area is 161 Å². The molecule has 1 aromatic carbocycles. The summed E-state index contributed by atoms with van der Waals surface area (Å²) in [7, 11) is 0. The van der Waals surface area contributed by atoms with Crippen LogP contribution in [0.3, 0.4) is 0 Å². The van der Waals surface area contributed by atoms with Crippen LogP contribution in [0.4, 0.5) is 14.9 Å². The van der Waals surface area contributed by atoms with E-state index < -0.39 is 23.9 Å². The Morgan fingerprint density at radius 1 is 1.11 bits per heavy atom. The maximum atomic E-state index is 14.1. The average Bonchev–Trinajstić information content (AvgIpc) is 3.35. The predicted molar refractivity (Wildman–Crippen MR) is 97.5 cm³/mol. The minimum absolute atomic E-state index is 0.0139. The van der Waals surface area contributed by atoms with E-state index in [-0.39, 0.29) is 36.8 Å². The Morgan fingerprint density at radius 2 is 1.86 bits per heavy atom. The molecule has 0 radical (unpaired) electrons. The second-order valence-corrected chi connectivity index (χ2v) is 7.89. The summed E-state index contributed by atoms with van der Waals surface area (Å²) in [6.45, 7) is 0. The second kappa shape index (κ2) is 7.07. The van der Waals surface area contributed by atoms with Crippen LogP contribution in [-0.4, -0.2) is 45.2 Å². The van der Waals surface area contributed by atoms with Gasteiger partial charge in [-0.15, -0.1) is 0 Å². The lowest BCUT2D eigenvalue weighted by Crippen LogP contribution is -2.52. The van der Waals surface area contributed by atoms with Crippen molar-refractivity contribution in [2.24, 2.45) is 5.92 Å². The smallest absolute Gasteiger partial charge is 0.412 e. The van der Waals surface area contributed by atoms with Crippen molar-refractivity contribution in [2.75, 3.05) is 4.90 Å². The summed E-state index contributed by atoms with van der Waals surface area (Å²) in [6, 6.07) is 3.41. The highest BCUT2D eigenvalue weighted by Gasteiger charge is 2.51. The van der Waals surface area contributed by atoms with Gasteiger partial charge in [0, 0.05) is 30.0 Å². The Hall–Kier alpha value is -2.64. The molecule has 1 heterocycles. The molecule has 3 atom stereocenters. The molecule has 4 rings (SSSR count). The average molecular weight is 390 g/mol. The minimum atomic E-state index is -1.07. The number of carboxylic acids is 1. The predicted octanol–water partition coefficient (Wildman–Crippen LogP) is 3.39. The quantitative estimate of drug-likeness (QED) is 0.803. The van der Waals surface area contributed by atoms with Crippen LogP contribution in [0.5, 0.6) is 0 Å². The molecule has 1 aliphatic heterocycles. The summed E-state index contributed by atoms with van der Waals surface area (Å²) in [4.78, 5) is 38.9. The highest BCUT2D eigenvalue weighted by Crippen LogP contribution is 2.52. The first-order chi connectivity index (χ1) is 13.4. The number of anilines is 1. The fraction of sp³-hybridized carbons (Fsp3) is 0.550. The standard InChI is InChI=1S/C20H23FN2O5/c21-11-4-7-16-14(10-11)19(13-2-1-3-15(13)23(16)20(27)28)22(12-5-6-12)17(24)8-9-18(25)26/h4,7,10,12-13,15,19H,1-3,5-6,8-9H2,(H,25,26)(H,27,28)/t13-,15+,19?/m0/s1. The van der Waals surface area contributed by atoms with Crippen molar-refractivity contribution in [2.45, 2.75) is 63.1 Å². The second-order valence-electron chi connectivity index (χ2n) is 7.89. The maximum Gasteiger partial charge on any atom is 0.412 e. The van der Waals surface area contributed by atoms with E-state index in [9.17, 15) is 23.9 Å². The van der Waals surface area contributed by atoms with Crippen LogP contribution in [-0.2, 0) is 9.59 Å². The number of rotatable bonds is 5. The summed E-state index contributed by atoms with van der Waals surface area (Å²) in [5.41, 5.74) is 0.944. The van der Waals surface area contributed by atoms with E-state index in [0.29, 0.717) is 17.7 Å². The first kappa shape index (κ1) is 18.7. The van der Waals surface area contributed by atoms with Crippen molar-refractivity contribution < 1.29 is 29.0 Å². The van der Waals surface area contributed by atoms with Crippen LogP contribution < -0.4 is 4.90 Å². The molecule has 2 N–H and O–H groups in total. The van der Waals surface area contributed by atoms with Crippen LogP contribution in [0.25, 0.3) is 0 Å². The van der Waals surface area contributed by atoms with Gasteiger partial charge >= 0.3 is 12.1 Å². The Morgan fingerprint density at radius 3 is 2.50 bits per heavy atom. The molecule has 2 aliphatic carbocycles. The number of carbonyl (C=O) groups excluding carboxylic acids is 1. The maximum absolute atomic E-state index is 14.1. The molecule has 3 aliphatic rings. The molecule has 0 bridgehead atoms. The number of hydrogen-bond donors (Lipinski definition) is 2. The number of amides is 2. The summed E-state index contributed by atoms with van der Waals surface area (Å²) >= 11 is 0. The monoisotopic (exact) mass is 390 g/mol. The van der Waals surface area contributed by atoms with E-state index in [1.165, 1.54) is 23.1 Å². The van der Waals surface area contributed by atoms with Crippen molar-refractivity contribution in [1.29, 1.82) is 0 Å². The molecular weight excluding hydrogens is 367 g/mol. The fourth-order valence-electron chi connectivity index (χ4n) is 4.93. The van der Waals surface area contributed by atoms with Crippen LogP contribution in [0.15, 0.2) is 18.2 Å². The largest absolute Gasteiger partial charge is 0.481 e. The van der Waals surface area contributed by atoms with E-state index in [2.05, 4.69) is 0 Å². The molecule has 8 heteroatoms. The number of fused-ring (bicyclic) bond motifs is 2. The third-order valence-corrected chi connectivity index (χ3v) is 6.12. The Kier molecular flexibility index (Phi) is 4.72. The zero-order chi connectivity index (χ0) is 20.0. The molecular formula is C20H23FN2O5. The van der Waals surface area contributed by atoms with Crippen molar-refractivity contribution in [1.82, 2.24) is 4.90 Å². The lowest BCUT2D eigenvalue weighted by atomic mass is 9.81. The van der Waals surface area contributed by atoms with Crippen LogP contribution in [0.2, 0.25) is 0 Å². The van der Waals surface area contributed by atoms with Gasteiger partial charge in [-0.05, 0) is 43.9 Å². The van der Waals surface area contributed by atoms with Crippen LogP contribution in [0.1, 0.15) is 56.6 Å². The molecule has 28 heavy (non-hydrogen) atoms. The minimum Gasteiger partial charge on any atom is -0.481 e. The van der Waals surface area contributed by atoms with E-state index in [0.717, 1.165) is 25.7 Å². The van der Waals surface area contributed by atoms with Crippen molar-refractivity contribution >= 4 is 23.7 Å². The lowest BCUT2D eigenvalue weighted by molar-refractivity contribution is -0.142. The van der Waals surface area contributed by atoms with Gasteiger partial charge in [-0.1, -0.05) is 6.42 Å². The molecule has 1 unspecified atom stereocenters. The van der Waals surface area contributed by atoms with E-state index in [1.54, 1.807) is 4.90 Å². The summed E-state index contributed by atoms with van der Waals surface area (Å²) in [5.74, 6) is -1.87. The van der Waals surface area contributed by atoms with Crippen molar-refractivity contribution in [3.8, 4) is 0 Å². The molecule has 1 aromatic rings. The number of hydrogen-bond acceptors (Lipinski definition) is 3. The van der Waals surface area contributed by atoms with Crippen LogP contribution >= 0.6 is 0 Å². The van der Waals surface area contributed by atoms with Gasteiger partial charge in [0.05, 0.1) is 18.2 Å². The Bertz CT molecular complexity index is 825. The summed E-state index contributed by atoms with van der Waals surface area (Å²) < 4.78 is 14.1. The third kappa shape index (κ3) is 3.21. The zero-order valence-electron chi connectivity index (χ0n) is 15.4. The topological polar surface area (TPSA) is 98.2 Å². The summed E-state index contributed by atoms with van der Waals surface area (Å²) in [6.07, 6.45) is 2.54. The Balaban J connectivity index is 1.78. The SMILES string of the molecule is O=C(O)CCC(=O)N(C1CC1)C1c2cc(F)ccc2N(C(=O)O)[C@@H]2CCC[C@H]12. The van der Waals surface area contributed by atoms with Gasteiger partial charge in [-0.25, -0.2) is 9.18 Å². The van der Waals surface area contributed by atoms with Gasteiger partial charge in [0.1, 0.15) is 5.82 Å². The molecule has 150 valence electrons.